The molecule has 4 nitrogen and oxygen atoms in total. The van der Waals surface area contributed by atoms with E-state index >= 15 is 0 Å². The molecule has 0 aliphatic carbocycles. The second-order valence-electron chi connectivity index (χ2n) is 12.6. The first-order valence-electron chi connectivity index (χ1n) is 15.9. The van der Waals surface area contributed by atoms with Crippen molar-refractivity contribution in [2.75, 3.05) is 0 Å². The molecule has 0 saturated heterocycles. The first-order valence-corrected chi connectivity index (χ1v) is 15.9. The van der Waals surface area contributed by atoms with Crippen molar-refractivity contribution in [3.8, 4) is 39.5 Å². The van der Waals surface area contributed by atoms with Crippen molar-refractivity contribution in [2.24, 2.45) is 7.05 Å². The average Bonchev–Trinajstić information content (AvgIpc) is 3.45. The molecule has 6 aromatic rings. The van der Waals surface area contributed by atoms with E-state index in [1.165, 1.54) is 22.1 Å². The molecular formula is C41H41N3O. The highest BCUT2D eigenvalue weighted by Gasteiger charge is 2.18. The lowest BCUT2D eigenvalue weighted by molar-refractivity contribution is 0.471. The third-order valence-electron chi connectivity index (χ3n) is 8.61. The molecule has 2 heterocycles. The topological polar surface area (TPSA) is 50.9 Å². The van der Waals surface area contributed by atoms with E-state index in [-0.39, 0.29) is 5.75 Å². The van der Waals surface area contributed by atoms with Crippen molar-refractivity contribution < 1.29 is 5.11 Å². The largest absolute Gasteiger partial charge is 0.507 e. The molecule has 0 atom stereocenters. The summed E-state index contributed by atoms with van der Waals surface area (Å²) in [5.41, 5.74) is 9.50. The van der Waals surface area contributed by atoms with Gasteiger partial charge in [0, 0.05) is 42.2 Å². The van der Waals surface area contributed by atoms with E-state index in [4.69, 9.17) is 4.98 Å². The summed E-state index contributed by atoms with van der Waals surface area (Å²) in [5, 5.41) is 14.1. The van der Waals surface area contributed by atoms with E-state index in [0.29, 0.717) is 18.3 Å². The van der Waals surface area contributed by atoms with Gasteiger partial charge >= 0.3 is 0 Å². The van der Waals surface area contributed by atoms with E-state index in [9.17, 15) is 5.11 Å². The first-order chi connectivity index (χ1) is 21.8. The number of nitrogens with zero attached hydrogens (tertiary/aromatic N) is 3. The number of pyridine rings is 1. The number of hydrogen-bond acceptors (Lipinski definition) is 3. The molecule has 0 unspecified atom stereocenters. The van der Waals surface area contributed by atoms with Crippen LogP contribution in [0.15, 0.2) is 116 Å². The molecule has 4 aromatic carbocycles. The maximum Gasteiger partial charge on any atom is 0.140 e. The fourth-order valence-corrected chi connectivity index (χ4v) is 5.94. The van der Waals surface area contributed by atoms with E-state index < -0.39 is 0 Å². The number of benzene rings is 4. The Morgan fingerprint density at radius 1 is 0.711 bits per heavy atom. The number of aryl methyl sites for hydroxylation is 1. The predicted octanol–water partition coefficient (Wildman–Crippen LogP) is 10.3. The van der Waals surface area contributed by atoms with E-state index in [0.717, 1.165) is 51.1 Å². The summed E-state index contributed by atoms with van der Waals surface area (Å²) >= 11 is 0. The van der Waals surface area contributed by atoms with Gasteiger partial charge in [0.2, 0.25) is 0 Å². The number of phenolic OH excluding ortho intramolecular Hbond substituents is 1. The van der Waals surface area contributed by atoms with Crippen molar-refractivity contribution in [1.82, 2.24) is 14.5 Å². The van der Waals surface area contributed by atoms with Crippen LogP contribution in [-0.4, -0.2) is 19.6 Å². The SMILES string of the molecule is CC(C)c1cc(-c2cc(C/C=C\Cc3cncc4ccccc34)c(O)c(-c3cn(C)c(-c4ccccc4)n3)c2)cc(C(C)C)c1. The maximum atomic E-state index is 11.7. The van der Waals surface area contributed by atoms with Crippen LogP contribution in [0, 0.1) is 0 Å². The number of fused-ring (bicyclic) bond motifs is 1. The minimum Gasteiger partial charge on any atom is -0.507 e. The number of imidazole rings is 1. The van der Waals surface area contributed by atoms with Gasteiger partial charge in [-0.3, -0.25) is 4.98 Å². The van der Waals surface area contributed by atoms with Gasteiger partial charge in [0.05, 0.1) is 5.69 Å². The Balaban J connectivity index is 1.42. The lowest BCUT2D eigenvalue weighted by atomic mass is 9.89. The molecule has 2 aromatic heterocycles. The number of rotatable bonds is 9. The zero-order valence-corrected chi connectivity index (χ0v) is 26.8. The fraction of sp³-hybridized carbons (Fsp3) is 0.220. The van der Waals surface area contributed by atoms with Crippen LogP contribution in [0.4, 0.5) is 0 Å². The molecule has 6 rings (SSSR count). The third kappa shape index (κ3) is 6.46. The molecule has 226 valence electrons. The standard InChI is InChI=1S/C41H41N3O/c1-27(2)33-20-34(28(3)4)22-35(21-33)36-19-30(15-9-10-16-31-24-42-25-32-17-11-12-18-37(31)32)40(45)38(23-36)39-26-44(5)41(43-39)29-13-7-6-8-14-29/h6-14,17-28,45H,15-16H2,1-5H3/b10-9-. The summed E-state index contributed by atoms with van der Waals surface area (Å²) in [6, 6.07) is 29.7. The van der Waals surface area contributed by atoms with Crippen molar-refractivity contribution in [2.45, 2.75) is 52.4 Å². The van der Waals surface area contributed by atoms with Gasteiger partial charge in [-0.2, -0.15) is 0 Å². The molecule has 45 heavy (non-hydrogen) atoms. The molecule has 0 spiro atoms. The van der Waals surface area contributed by atoms with Gasteiger partial charge in [-0.05, 0) is 75.6 Å². The zero-order chi connectivity index (χ0) is 31.5. The van der Waals surface area contributed by atoms with E-state index in [1.807, 2.05) is 54.5 Å². The quantitative estimate of drug-likeness (QED) is 0.170. The number of phenols is 1. The molecule has 0 aliphatic rings. The lowest BCUT2D eigenvalue weighted by Crippen LogP contribution is -1.96. The maximum absolute atomic E-state index is 11.7. The summed E-state index contributed by atoms with van der Waals surface area (Å²) in [5.74, 6) is 1.96. The number of aromatic nitrogens is 3. The number of allylic oxidation sites excluding steroid dienone is 2. The Kier molecular flexibility index (Phi) is 8.66. The molecule has 4 heteroatoms. The smallest absolute Gasteiger partial charge is 0.140 e. The Morgan fingerprint density at radius 2 is 1.36 bits per heavy atom. The average molecular weight is 592 g/mol. The van der Waals surface area contributed by atoms with Crippen LogP contribution in [-0.2, 0) is 19.9 Å². The molecule has 0 saturated carbocycles. The van der Waals surface area contributed by atoms with E-state index in [1.54, 1.807) is 0 Å². The molecule has 0 radical (unpaired) electrons. The minimum atomic E-state index is 0.275. The fourth-order valence-electron chi connectivity index (χ4n) is 5.94. The van der Waals surface area contributed by atoms with Crippen LogP contribution < -0.4 is 0 Å². The van der Waals surface area contributed by atoms with Crippen LogP contribution in [0.5, 0.6) is 5.75 Å². The Labute approximate surface area is 266 Å². The third-order valence-corrected chi connectivity index (χ3v) is 8.61. The van der Waals surface area contributed by atoms with Crippen LogP contribution >= 0.6 is 0 Å². The normalized spacial score (nSPS) is 11.8. The molecule has 0 bridgehead atoms. The van der Waals surface area contributed by atoms with Gasteiger partial charge in [0.25, 0.3) is 0 Å². The van der Waals surface area contributed by atoms with Gasteiger partial charge in [-0.15, -0.1) is 0 Å². The van der Waals surface area contributed by atoms with Crippen molar-refractivity contribution >= 4 is 10.8 Å². The monoisotopic (exact) mass is 591 g/mol. The molecule has 0 amide bonds. The second-order valence-corrected chi connectivity index (χ2v) is 12.6. The highest BCUT2D eigenvalue weighted by atomic mass is 16.3. The van der Waals surface area contributed by atoms with Gasteiger partial charge in [-0.1, -0.05) is 113 Å². The van der Waals surface area contributed by atoms with Crippen molar-refractivity contribution in [3.63, 3.8) is 0 Å². The summed E-state index contributed by atoms with van der Waals surface area (Å²) in [4.78, 5) is 9.46. The van der Waals surface area contributed by atoms with E-state index in [2.05, 4.69) is 105 Å². The Hall–Kier alpha value is -4.96. The molecular weight excluding hydrogens is 550 g/mol. The highest BCUT2D eigenvalue weighted by molar-refractivity contribution is 5.85. The minimum absolute atomic E-state index is 0.275. The van der Waals surface area contributed by atoms with Crippen LogP contribution in [0.25, 0.3) is 44.5 Å². The van der Waals surface area contributed by atoms with Gasteiger partial charge in [-0.25, -0.2) is 4.98 Å². The van der Waals surface area contributed by atoms with Crippen molar-refractivity contribution in [3.05, 3.63) is 138 Å². The van der Waals surface area contributed by atoms with Crippen molar-refractivity contribution in [1.29, 1.82) is 0 Å². The van der Waals surface area contributed by atoms with Gasteiger partial charge in [0.1, 0.15) is 11.6 Å². The number of aromatic hydroxyl groups is 1. The van der Waals surface area contributed by atoms with Gasteiger partial charge < -0.3 is 9.67 Å². The predicted molar refractivity (Wildman–Crippen MR) is 188 cm³/mol. The lowest BCUT2D eigenvalue weighted by Gasteiger charge is -2.17. The molecule has 0 aliphatic heterocycles. The Morgan fingerprint density at radius 3 is 2.07 bits per heavy atom. The number of hydrogen-bond donors (Lipinski definition) is 1. The van der Waals surface area contributed by atoms with Crippen LogP contribution in [0.3, 0.4) is 0 Å². The van der Waals surface area contributed by atoms with Gasteiger partial charge in [0.15, 0.2) is 0 Å². The van der Waals surface area contributed by atoms with Crippen LogP contribution in [0.2, 0.25) is 0 Å². The zero-order valence-electron chi connectivity index (χ0n) is 26.8. The van der Waals surface area contributed by atoms with Crippen LogP contribution in [0.1, 0.15) is 61.8 Å². The summed E-state index contributed by atoms with van der Waals surface area (Å²) in [6.07, 6.45) is 11.6. The second kappa shape index (κ2) is 13.0. The summed E-state index contributed by atoms with van der Waals surface area (Å²) in [6.45, 7) is 8.97. The Bertz CT molecular complexity index is 1950. The molecule has 0 fully saturated rings. The highest BCUT2D eigenvalue weighted by Crippen LogP contribution is 2.39. The first kappa shape index (κ1) is 30.1. The summed E-state index contributed by atoms with van der Waals surface area (Å²) < 4.78 is 2.03. The molecule has 1 N–H and O–H groups in total. The summed E-state index contributed by atoms with van der Waals surface area (Å²) in [7, 11) is 2.01.